The lowest BCUT2D eigenvalue weighted by molar-refractivity contribution is -0.146. The minimum absolute atomic E-state index is 0.172. The highest BCUT2D eigenvalue weighted by Crippen LogP contribution is 2.30. The van der Waals surface area contributed by atoms with Gasteiger partial charge in [-0.25, -0.2) is 4.98 Å². The molecule has 1 aliphatic rings. The fourth-order valence-electron chi connectivity index (χ4n) is 3.67. The highest BCUT2D eigenvalue weighted by atomic mass is 32.2. The molecular weight excluding hydrogens is 474 g/mol. The molecule has 2 aromatic carbocycles. The van der Waals surface area contributed by atoms with Crippen LogP contribution in [0.15, 0.2) is 59.5 Å². The van der Waals surface area contributed by atoms with Crippen LogP contribution < -0.4 is 15.4 Å². The van der Waals surface area contributed by atoms with Crippen molar-refractivity contribution >= 4 is 61.9 Å². The van der Waals surface area contributed by atoms with E-state index in [9.17, 15) is 19.5 Å². The normalized spacial score (nSPS) is 17.3. The molecule has 8 nitrogen and oxygen atoms in total. The zero-order valence-corrected chi connectivity index (χ0v) is 19.9. The lowest BCUT2D eigenvalue weighted by Gasteiger charge is -2.24. The number of carboxylic acids is 1. The number of carboxylic acid groups (broad SMARTS) is 1. The molecule has 176 valence electrons. The summed E-state index contributed by atoms with van der Waals surface area (Å²) in [6, 6.07) is 12.7. The van der Waals surface area contributed by atoms with Crippen LogP contribution in [-0.2, 0) is 14.4 Å². The van der Waals surface area contributed by atoms with Crippen molar-refractivity contribution in [1.29, 1.82) is 0 Å². The summed E-state index contributed by atoms with van der Waals surface area (Å²) >= 11 is 2.71. The second-order valence-corrected chi connectivity index (χ2v) is 9.78. The van der Waals surface area contributed by atoms with E-state index in [2.05, 4.69) is 15.6 Å². The summed E-state index contributed by atoms with van der Waals surface area (Å²) in [5.41, 5.74) is 1.35. The third kappa shape index (κ3) is 5.75. The molecule has 4 rings (SSSR count). The molecule has 1 aliphatic carbocycles. The average Bonchev–Trinajstić information content (AvgIpc) is 3.24. The van der Waals surface area contributed by atoms with Gasteiger partial charge in [0.05, 0.1) is 34.9 Å². The molecule has 3 N–H and O–H groups in total. The monoisotopic (exact) mass is 497 g/mol. The number of anilines is 2. The van der Waals surface area contributed by atoms with Gasteiger partial charge in [0.1, 0.15) is 5.75 Å². The van der Waals surface area contributed by atoms with Gasteiger partial charge in [-0.05, 0) is 49.2 Å². The summed E-state index contributed by atoms with van der Waals surface area (Å²) in [7, 11) is 1.60. The molecule has 0 saturated heterocycles. The number of aromatic nitrogens is 1. The summed E-state index contributed by atoms with van der Waals surface area (Å²) < 4.78 is 6.14. The van der Waals surface area contributed by atoms with Crippen LogP contribution in [0.2, 0.25) is 0 Å². The third-order valence-corrected chi connectivity index (χ3v) is 7.33. The van der Waals surface area contributed by atoms with Gasteiger partial charge in [0.25, 0.3) is 0 Å². The van der Waals surface area contributed by atoms with Crippen LogP contribution in [0.4, 0.5) is 10.8 Å². The second-order valence-electron chi connectivity index (χ2n) is 7.70. The van der Waals surface area contributed by atoms with Crippen molar-refractivity contribution in [3.63, 3.8) is 0 Å². The van der Waals surface area contributed by atoms with E-state index >= 15 is 0 Å². The fourth-order valence-corrected chi connectivity index (χ4v) is 5.33. The Balaban J connectivity index is 1.33. The Morgan fingerprint density at radius 3 is 2.68 bits per heavy atom. The smallest absolute Gasteiger partial charge is 0.307 e. The number of amides is 2. The number of hydrogen-bond donors (Lipinski definition) is 3. The minimum Gasteiger partial charge on any atom is -0.497 e. The summed E-state index contributed by atoms with van der Waals surface area (Å²) in [5.74, 6) is -1.91. The van der Waals surface area contributed by atoms with E-state index in [1.165, 1.54) is 23.1 Å². The maximum atomic E-state index is 12.7. The van der Waals surface area contributed by atoms with Crippen molar-refractivity contribution in [3.8, 4) is 5.75 Å². The summed E-state index contributed by atoms with van der Waals surface area (Å²) in [6.45, 7) is 0. The molecule has 0 radical (unpaired) electrons. The number of nitrogens with zero attached hydrogens (tertiary/aromatic N) is 1. The number of benzene rings is 2. The van der Waals surface area contributed by atoms with E-state index in [4.69, 9.17) is 4.74 Å². The van der Waals surface area contributed by atoms with Gasteiger partial charge in [0, 0.05) is 10.6 Å². The number of thiazole rings is 1. The Bertz CT molecular complexity index is 1260. The molecule has 0 fully saturated rings. The molecule has 2 amide bonds. The van der Waals surface area contributed by atoms with Crippen molar-refractivity contribution in [2.75, 3.05) is 23.5 Å². The largest absolute Gasteiger partial charge is 0.497 e. The van der Waals surface area contributed by atoms with E-state index in [0.717, 1.165) is 20.9 Å². The minimum atomic E-state index is -0.966. The third-order valence-electron chi connectivity index (χ3n) is 5.40. The van der Waals surface area contributed by atoms with Crippen LogP contribution in [-0.4, -0.2) is 40.7 Å². The number of hydrogen-bond acceptors (Lipinski definition) is 7. The van der Waals surface area contributed by atoms with Gasteiger partial charge in [0.15, 0.2) is 5.13 Å². The lowest BCUT2D eigenvalue weighted by atomic mass is 9.82. The number of carbonyl (C=O) groups is 3. The number of fused-ring (bicyclic) bond motifs is 1. The van der Waals surface area contributed by atoms with Crippen LogP contribution in [0.25, 0.3) is 10.2 Å². The van der Waals surface area contributed by atoms with E-state index in [0.29, 0.717) is 23.7 Å². The van der Waals surface area contributed by atoms with Gasteiger partial charge in [-0.15, -0.1) is 11.8 Å². The number of aliphatic carboxylic acids is 1. The highest BCUT2D eigenvalue weighted by Gasteiger charge is 2.33. The second kappa shape index (κ2) is 10.7. The number of rotatable bonds is 8. The molecule has 0 bridgehead atoms. The summed E-state index contributed by atoms with van der Waals surface area (Å²) in [4.78, 5) is 41.8. The highest BCUT2D eigenvalue weighted by molar-refractivity contribution is 8.00. The molecule has 1 heterocycles. The Morgan fingerprint density at radius 2 is 1.91 bits per heavy atom. The molecule has 3 aromatic rings. The van der Waals surface area contributed by atoms with Crippen molar-refractivity contribution in [3.05, 3.63) is 54.6 Å². The number of ether oxygens (including phenoxy) is 1. The quantitative estimate of drug-likeness (QED) is 0.306. The van der Waals surface area contributed by atoms with Gasteiger partial charge in [-0.1, -0.05) is 29.6 Å². The van der Waals surface area contributed by atoms with Gasteiger partial charge < -0.3 is 20.5 Å². The van der Waals surface area contributed by atoms with E-state index in [1.54, 1.807) is 31.4 Å². The average molecular weight is 498 g/mol. The first-order valence-corrected chi connectivity index (χ1v) is 12.4. The summed E-state index contributed by atoms with van der Waals surface area (Å²) in [6.07, 6.45) is 4.39. The predicted octanol–water partition coefficient (Wildman–Crippen LogP) is 4.64. The molecule has 34 heavy (non-hydrogen) atoms. The van der Waals surface area contributed by atoms with Crippen LogP contribution in [0.1, 0.15) is 12.8 Å². The van der Waals surface area contributed by atoms with Crippen LogP contribution in [0.5, 0.6) is 5.75 Å². The molecule has 10 heteroatoms. The number of methoxy groups -OCH3 is 1. The zero-order chi connectivity index (χ0) is 24.1. The first-order valence-electron chi connectivity index (χ1n) is 10.6. The lowest BCUT2D eigenvalue weighted by Crippen LogP contribution is -2.34. The number of thioether (sulfide) groups is 1. The predicted molar refractivity (Wildman–Crippen MR) is 134 cm³/mol. The topological polar surface area (TPSA) is 118 Å². The van der Waals surface area contributed by atoms with Crippen molar-refractivity contribution < 1.29 is 24.2 Å². The Hall–Kier alpha value is -3.37. The van der Waals surface area contributed by atoms with E-state index in [-0.39, 0.29) is 17.6 Å². The Kier molecular flexibility index (Phi) is 7.49. The standard InChI is InChI=1S/C24H23N3O5S2/c1-32-15-9-10-19-20(12-15)34-24(26-19)27-21(28)13-33-16-6-4-5-14(11-16)25-22(29)17-7-2-3-8-18(17)23(30)31/h2-6,9-12,17-18H,7-8,13H2,1H3,(H,25,29)(H,30,31)(H,26,27,28). The molecular formula is C24H23N3O5S2. The van der Waals surface area contributed by atoms with Crippen LogP contribution >= 0.6 is 23.1 Å². The molecule has 2 unspecified atom stereocenters. The maximum Gasteiger partial charge on any atom is 0.307 e. The maximum absolute atomic E-state index is 12.7. The Morgan fingerprint density at radius 1 is 1.12 bits per heavy atom. The van der Waals surface area contributed by atoms with Crippen LogP contribution in [0.3, 0.4) is 0 Å². The first kappa shape index (κ1) is 23.8. The summed E-state index contributed by atoms with van der Waals surface area (Å²) in [5, 5.41) is 15.6. The van der Waals surface area contributed by atoms with E-state index < -0.39 is 17.8 Å². The van der Waals surface area contributed by atoms with Gasteiger partial charge in [-0.3, -0.25) is 14.4 Å². The van der Waals surface area contributed by atoms with Crippen LogP contribution in [0, 0.1) is 11.8 Å². The number of carbonyl (C=O) groups excluding carboxylic acids is 2. The number of nitrogens with one attached hydrogen (secondary N) is 2. The zero-order valence-electron chi connectivity index (χ0n) is 18.3. The number of allylic oxidation sites excluding steroid dienone is 2. The first-order chi connectivity index (χ1) is 16.4. The van der Waals surface area contributed by atoms with Crippen molar-refractivity contribution in [2.24, 2.45) is 11.8 Å². The van der Waals surface area contributed by atoms with E-state index in [1.807, 2.05) is 30.3 Å². The van der Waals surface area contributed by atoms with Gasteiger partial charge in [0.2, 0.25) is 11.8 Å². The molecule has 0 saturated carbocycles. The van der Waals surface area contributed by atoms with Gasteiger partial charge in [-0.2, -0.15) is 0 Å². The molecule has 0 spiro atoms. The fraction of sp³-hybridized carbons (Fsp3) is 0.250. The SMILES string of the molecule is COc1ccc2nc(NC(=O)CSc3cccc(NC(=O)C4CC=CCC4C(=O)O)c3)sc2c1. The van der Waals surface area contributed by atoms with Gasteiger partial charge >= 0.3 is 5.97 Å². The van der Waals surface area contributed by atoms with Crippen molar-refractivity contribution in [1.82, 2.24) is 4.98 Å². The molecule has 0 aliphatic heterocycles. The van der Waals surface area contributed by atoms with Crippen molar-refractivity contribution in [2.45, 2.75) is 17.7 Å². The Labute approximate surface area is 204 Å². The molecule has 1 aromatic heterocycles. The molecule has 2 atom stereocenters.